The summed E-state index contributed by atoms with van der Waals surface area (Å²) < 4.78 is 33.1. The molecule has 154 valence electrons. The van der Waals surface area contributed by atoms with Gasteiger partial charge in [-0.15, -0.1) is 0 Å². The predicted molar refractivity (Wildman–Crippen MR) is 109 cm³/mol. The molecule has 1 amide bonds. The molecule has 3 rings (SSSR count). The van der Waals surface area contributed by atoms with E-state index in [1.165, 1.54) is 28.8 Å². The molecule has 1 N–H and O–H groups in total. The summed E-state index contributed by atoms with van der Waals surface area (Å²) in [5.41, 5.74) is 1.77. The molecule has 1 saturated heterocycles. The summed E-state index contributed by atoms with van der Waals surface area (Å²) in [4.78, 5) is 12.6. The maximum absolute atomic E-state index is 13.0. The fraction of sp³-hybridized carbons (Fsp3) is 0.571. The molecule has 6 nitrogen and oxygen atoms in total. The molecule has 1 fully saturated rings. The third kappa shape index (κ3) is 5.21. The normalized spacial score (nSPS) is 23.9. The molecular weight excluding hydrogens is 376 g/mol. The van der Waals surface area contributed by atoms with Crippen LogP contribution < -0.4 is 5.32 Å². The van der Waals surface area contributed by atoms with E-state index in [2.05, 4.69) is 11.4 Å². The first-order valence-corrected chi connectivity index (χ1v) is 11.5. The fourth-order valence-electron chi connectivity index (χ4n) is 3.84. The second-order valence-corrected chi connectivity index (χ2v) is 9.66. The molecule has 28 heavy (non-hydrogen) atoms. The minimum absolute atomic E-state index is 0.149. The minimum atomic E-state index is -3.66. The molecule has 0 saturated carbocycles. The third-order valence-electron chi connectivity index (χ3n) is 5.24. The number of carbonyl (C=O) groups is 1. The first kappa shape index (κ1) is 21.0. The molecule has 1 aromatic carbocycles. The van der Waals surface area contributed by atoms with Gasteiger partial charge in [-0.3, -0.25) is 4.79 Å². The largest absolute Gasteiger partial charge is 0.373 e. The molecule has 7 heteroatoms. The van der Waals surface area contributed by atoms with Gasteiger partial charge in [-0.1, -0.05) is 17.7 Å². The molecule has 1 aliphatic heterocycles. The summed E-state index contributed by atoms with van der Waals surface area (Å²) in [6.07, 6.45) is 7.52. The maximum atomic E-state index is 13.0. The summed E-state index contributed by atoms with van der Waals surface area (Å²) in [7, 11) is -3.66. The Morgan fingerprint density at radius 2 is 1.96 bits per heavy atom. The monoisotopic (exact) mass is 406 g/mol. The number of carbonyl (C=O) groups excluding carboxylic acids is 1. The molecule has 0 aromatic heterocycles. The second-order valence-electron chi connectivity index (χ2n) is 7.72. The Morgan fingerprint density at radius 1 is 1.21 bits per heavy atom. The number of hydrogen-bond acceptors (Lipinski definition) is 4. The lowest BCUT2D eigenvalue weighted by Crippen LogP contribution is -2.48. The Hall–Kier alpha value is -1.70. The van der Waals surface area contributed by atoms with Gasteiger partial charge in [0.2, 0.25) is 10.0 Å². The van der Waals surface area contributed by atoms with Gasteiger partial charge in [0, 0.05) is 25.2 Å². The smallest absolute Gasteiger partial charge is 0.251 e. The number of ether oxygens (including phenoxy) is 1. The van der Waals surface area contributed by atoms with Crippen molar-refractivity contribution in [1.29, 1.82) is 0 Å². The van der Waals surface area contributed by atoms with Gasteiger partial charge in [-0.2, -0.15) is 4.31 Å². The van der Waals surface area contributed by atoms with Crippen LogP contribution in [-0.4, -0.2) is 50.5 Å². The van der Waals surface area contributed by atoms with Crippen LogP contribution in [0.25, 0.3) is 0 Å². The van der Waals surface area contributed by atoms with Gasteiger partial charge >= 0.3 is 0 Å². The van der Waals surface area contributed by atoms with Crippen LogP contribution in [0.3, 0.4) is 0 Å². The van der Waals surface area contributed by atoms with Gasteiger partial charge in [0.1, 0.15) is 0 Å². The summed E-state index contributed by atoms with van der Waals surface area (Å²) in [6.45, 7) is 4.93. The number of benzene rings is 1. The average molecular weight is 407 g/mol. The molecule has 1 aromatic rings. The van der Waals surface area contributed by atoms with E-state index in [-0.39, 0.29) is 23.0 Å². The molecule has 2 atom stereocenters. The van der Waals surface area contributed by atoms with Crippen molar-refractivity contribution in [2.75, 3.05) is 19.6 Å². The lowest BCUT2D eigenvalue weighted by Gasteiger charge is -2.34. The van der Waals surface area contributed by atoms with Gasteiger partial charge < -0.3 is 10.1 Å². The first-order chi connectivity index (χ1) is 13.4. The first-order valence-electron chi connectivity index (χ1n) is 10.1. The van der Waals surface area contributed by atoms with E-state index >= 15 is 0 Å². The SMILES string of the molecule is C[C@H]1CN(S(=O)(=O)c2cccc(C(=O)NCCC3=CCCCC3)c2)C[C@H](C)O1. The number of nitrogens with one attached hydrogen (secondary N) is 1. The number of morpholine rings is 1. The zero-order valence-corrected chi connectivity index (χ0v) is 17.5. The standard InChI is InChI=1S/C21H30N2O4S/c1-16-14-23(15-17(2)27-16)28(25,26)20-10-6-9-19(13-20)21(24)22-12-11-18-7-4-3-5-8-18/h6-7,9-10,13,16-17H,3-5,8,11-12,14-15H2,1-2H3,(H,22,24)/t16-,17-/m0/s1. The Kier molecular flexibility index (Phi) is 6.91. The summed E-state index contributed by atoms with van der Waals surface area (Å²) in [6, 6.07) is 6.29. The summed E-state index contributed by atoms with van der Waals surface area (Å²) >= 11 is 0. The lowest BCUT2D eigenvalue weighted by atomic mass is 9.97. The molecule has 0 radical (unpaired) electrons. The third-order valence-corrected chi connectivity index (χ3v) is 7.06. The quantitative estimate of drug-likeness (QED) is 0.737. The fourth-order valence-corrected chi connectivity index (χ4v) is 5.48. The zero-order valence-electron chi connectivity index (χ0n) is 16.7. The van der Waals surface area contributed by atoms with Crippen molar-refractivity contribution < 1.29 is 17.9 Å². The highest BCUT2D eigenvalue weighted by atomic mass is 32.2. The molecule has 0 spiro atoms. The highest BCUT2D eigenvalue weighted by Gasteiger charge is 2.32. The van der Waals surface area contributed by atoms with Crippen LogP contribution in [0.5, 0.6) is 0 Å². The molecule has 2 aliphatic rings. The summed E-state index contributed by atoms with van der Waals surface area (Å²) in [5.74, 6) is -0.239. The van der Waals surface area contributed by atoms with Crippen molar-refractivity contribution >= 4 is 15.9 Å². The van der Waals surface area contributed by atoms with Crippen LogP contribution in [0.2, 0.25) is 0 Å². The summed E-state index contributed by atoms with van der Waals surface area (Å²) in [5, 5.41) is 2.91. The van der Waals surface area contributed by atoms with Crippen LogP contribution in [0, 0.1) is 0 Å². The van der Waals surface area contributed by atoms with Crippen molar-refractivity contribution in [1.82, 2.24) is 9.62 Å². The lowest BCUT2D eigenvalue weighted by molar-refractivity contribution is -0.0440. The van der Waals surface area contributed by atoms with E-state index in [1.807, 2.05) is 13.8 Å². The molecular formula is C21H30N2O4S. The number of nitrogens with zero attached hydrogens (tertiary/aromatic N) is 1. The highest BCUT2D eigenvalue weighted by molar-refractivity contribution is 7.89. The predicted octanol–water partition coefficient (Wildman–Crippen LogP) is 3.10. The number of hydrogen-bond donors (Lipinski definition) is 1. The van der Waals surface area contributed by atoms with E-state index in [4.69, 9.17) is 4.74 Å². The molecule has 1 aliphatic carbocycles. The number of amides is 1. The van der Waals surface area contributed by atoms with Gasteiger partial charge in [0.15, 0.2) is 0 Å². The van der Waals surface area contributed by atoms with Crippen molar-refractivity contribution in [3.05, 3.63) is 41.5 Å². The number of rotatable bonds is 6. The van der Waals surface area contributed by atoms with Crippen LogP contribution in [0.1, 0.15) is 56.3 Å². The van der Waals surface area contributed by atoms with E-state index in [9.17, 15) is 13.2 Å². The minimum Gasteiger partial charge on any atom is -0.373 e. The Balaban J connectivity index is 1.65. The van der Waals surface area contributed by atoms with Crippen molar-refractivity contribution in [2.45, 2.75) is 63.1 Å². The van der Waals surface area contributed by atoms with Crippen LogP contribution >= 0.6 is 0 Å². The van der Waals surface area contributed by atoms with Gasteiger partial charge in [-0.05, 0) is 64.2 Å². The molecule has 0 unspecified atom stereocenters. The second kappa shape index (κ2) is 9.20. The zero-order chi connectivity index (χ0) is 20.1. The van der Waals surface area contributed by atoms with Crippen molar-refractivity contribution in [3.63, 3.8) is 0 Å². The molecule has 0 bridgehead atoms. The maximum Gasteiger partial charge on any atom is 0.251 e. The number of allylic oxidation sites excluding steroid dienone is 1. The molecule has 1 heterocycles. The Morgan fingerprint density at radius 3 is 2.64 bits per heavy atom. The van der Waals surface area contributed by atoms with Crippen LogP contribution in [-0.2, 0) is 14.8 Å². The van der Waals surface area contributed by atoms with E-state index in [0.29, 0.717) is 25.2 Å². The van der Waals surface area contributed by atoms with Crippen molar-refractivity contribution in [3.8, 4) is 0 Å². The topological polar surface area (TPSA) is 75.7 Å². The van der Waals surface area contributed by atoms with Gasteiger partial charge in [-0.25, -0.2) is 8.42 Å². The van der Waals surface area contributed by atoms with E-state index < -0.39 is 10.0 Å². The van der Waals surface area contributed by atoms with Crippen molar-refractivity contribution in [2.24, 2.45) is 0 Å². The van der Waals surface area contributed by atoms with Gasteiger partial charge in [0.05, 0.1) is 17.1 Å². The Bertz CT molecular complexity index is 825. The average Bonchev–Trinajstić information content (AvgIpc) is 2.68. The van der Waals surface area contributed by atoms with E-state index in [0.717, 1.165) is 19.3 Å². The van der Waals surface area contributed by atoms with Crippen LogP contribution in [0.15, 0.2) is 40.8 Å². The van der Waals surface area contributed by atoms with E-state index in [1.54, 1.807) is 18.2 Å². The number of sulfonamides is 1. The van der Waals surface area contributed by atoms with Gasteiger partial charge in [0.25, 0.3) is 5.91 Å². The Labute approximate surface area is 168 Å². The highest BCUT2D eigenvalue weighted by Crippen LogP contribution is 2.22. The van der Waals surface area contributed by atoms with Crippen LogP contribution in [0.4, 0.5) is 0 Å².